The van der Waals surface area contributed by atoms with E-state index in [-0.39, 0.29) is 24.8 Å². The number of rotatable bonds is 5. The normalized spacial score (nSPS) is 11.1. The Morgan fingerprint density at radius 1 is 1.00 bits per heavy atom. The van der Waals surface area contributed by atoms with Gasteiger partial charge >= 0.3 is 0 Å². The fraction of sp³-hybridized carbons (Fsp3) is 0.231. The number of hydrogen-bond acceptors (Lipinski definition) is 3. The Morgan fingerprint density at radius 2 is 1.71 bits per heavy atom. The lowest BCUT2D eigenvalue weighted by Crippen LogP contribution is -2.36. The van der Waals surface area contributed by atoms with Crippen molar-refractivity contribution in [3.8, 4) is 0 Å². The number of nitrogens with zero attached hydrogens (tertiary/aromatic N) is 1. The summed E-state index contributed by atoms with van der Waals surface area (Å²) in [5.74, 6) is -0.350. The minimum atomic E-state index is -0.214. The maximum atomic E-state index is 12.9. The average Bonchev–Trinajstić information content (AvgIpc) is 3.14. The van der Waals surface area contributed by atoms with E-state index in [0.717, 1.165) is 49.7 Å². The van der Waals surface area contributed by atoms with Crippen molar-refractivity contribution >= 4 is 39.2 Å². The van der Waals surface area contributed by atoms with Gasteiger partial charge < -0.3 is 14.6 Å². The number of amides is 2. The van der Waals surface area contributed by atoms with Crippen molar-refractivity contribution in [1.82, 2.24) is 4.90 Å². The Hall–Kier alpha value is -3.60. The monoisotopic (exact) mass is 414 g/mol. The molecular weight excluding hydrogens is 388 g/mol. The van der Waals surface area contributed by atoms with Crippen molar-refractivity contribution in [2.24, 2.45) is 0 Å². The van der Waals surface area contributed by atoms with Crippen LogP contribution in [0.4, 0.5) is 5.69 Å². The zero-order valence-electron chi connectivity index (χ0n) is 18.3. The van der Waals surface area contributed by atoms with Crippen molar-refractivity contribution in [2.75, 3.05) is 18.9 Å². The summed E-state index contributed by atoms with van der Waals surface area (Å²) >= 11 is 0. The van der Waals surface area contributed by atoms with Crippen molar-refractivity contribution in [3.05, 3.63) is 77.0 Å². The first kappa shape index (κ1) is 20.7. The molecule has 0 radical (unpaired) electrons. The van der Waals surface area contributed by atoms with Gasteiger partial charge in [0.15, 0.2) is 0 Å². The number of carbonyl (C=O) groups is 2. The minimum Gasteiger partial charge on any atom is -0.464 e. The Balaban J connectivity index is 1.48. The molecule has 1 aromatic heterocycles. The van der Waals surface area contributed by atoms with Gasteiger partial charge in [0, 0.05) is 23.7 Å². The van der Waals surface area contributed by atoms with E-state index < -0.39 is 0 Å². The molecule has 31 heavy (non-hydrogen) atoms. The van der Waals surface area contributed by atoms with E-state index in [1.54, 1.807) is 13.3 Å². The van der Waals surface area contributed by atoms with E-state index in [2.05, 4.69) is 5.32 Å². The number of benzene rings is 3. The lowest BCUT2D eigenvalue weighted by Gasteiger charge is -2.18. The number of furan rings is 1. The third-order valence-electron chi connectivity index (χ3n) is 5.63. The van der Waals surface area contributed by atoms with Crippen LogP contribution in [0.15, 0.2) is 59.2 Å². The average molecular weight is 415 g/mol. The summed E-state index contributed by atoms with van der Waals surface area (Å²) in [4.78, 5) is 26.9. The maximum Gasteiger partial charge on any atom is 0.243 e. The van der Waals surface area contributed by atoms with Gasteiger partial charge in [-0.2, -0.15) is 0 Å². The topological polar surface area (TPSA) is 62.6 Å². The van der Waals surface area contributed by atoms with Crippen LogP contribution in [0, 0.1) is 20.8 Å². The van der Waals surface area contributed by atoms with Crippen LogP contribution >= 0.6 is 0 Å². The molecule has 0 atom stereocenters. The van der Waals surface area contributed by atoms with Crippen LogP contribution in [0.2, 0.25) is 0 Å². The molecule has 3 aromatic carbocycles. The Kier molecular flexibility index (Phi) is 5.51. The number of anilines is 1. The number of nitrogens with one attached hydrogen (secondary N) is 1. The van der Waals surface area contributed by atoms with Gasteiger partial charge in [-0.15, -0.1) is 0 Å². The molecule has 0 aliphatic rings. The van der Waals surface area contributed by atoms with Crippen LogP contribution in [-0.4, -0.2) is 30.3 Å². The van der Waals surface area contributed by atoms with Gasteiger partial charge in [-0.05, 0) is 48.7 Å². The second kappa shape index (κ2) is 8.26. The number of aryl methyl sites for hydroxylation is 3. The quantitative estimate of drug-likeness (QED) is 0.491. The summed E-state index contributed by atoms with van der Waals surface area (Å²) in [5.41, 5.74) is 5.57. The van der Waals surface area contributed by atoms with E-state index in [9.17, 15) is 9.59 Å². The van der Waals surface area contributed by atoms with Gasteiger partial charge in [0.05, 0.1) is 19.2 Å². The number of carbonyl (C=O) groups excluding carboxylic acids is 2. The minimum absolute atomic E-state index is 0.0118. The first-order valence-electron chi connectivity index (χ1n) is 10.3. The Bertz CT molecular complexity index is 1280. The molecule has 5 nitrogen and oxygen atoms in total. The summed E-state index contributed by atoms with van der Waals surface area (Å²) in [6.45, 7) is 5.96. The predicted octanol–water partition coefficient (Wildman–Crippen LogP) is 5.15. The molecule has 0 saturated heterocycles. The van der Waals surface area contributed by atoms with E-state index in [1.165, 1.54) is 4.90 Å². The van der Waals surface area contributed by atoms with Crippen molar-refractivity contribution in [1.29, 1.82) is 0 Å². The molecule has 2 amide bonds. The molecule has 0 fully saturated rings. The molecule has 0 aliphatic heterocycles. The van der Waals surface area contributed by atoms with Crippen molar-refractivity contribution in [3.63, 3.8) is 0 Å². The highest BCUT2D eigenvalue weighted by molar-refractivity contribution is 6.08. The van der Waals surface area contributed by atoms with Gasteiger partial charge in [-0.3, -0.25) is 9.59 Å². The van der Waals surface area contributed by atoms with Crippen LogP contribution in [0.25, 0.3) is 21.7 Å². The first-order valence-corrected chi connectivity index (χ1v) is 10.3. The maximum absolute atomic E-state index is 12.9. The molecule has 5 heteroatoms. The molecule has 0 bridgehead atoms. The predicted molar refractivity (Wildman–Crippen MR) is 124 cm³/mol. The van der Waals surface area contributed by atoms with Gasteiger partial charge in [0.2, 0.25) is 11.8 Å². The molecule has 158 valence electrons. The van der Waals surface area contributed by atoms with Crippen LogP contribution < -0.4 is 5.32 Å². The highest BCUT2D eigenvalue weighted by Crippen LogP contribution is 2.30. The van der Waals surface area contributed by atoms with E-state index in [0.29, 0.717) is 0 Å². The third kappa shape index (κ3) is 4.17. The van der Waals surface area contributed by atoms with Gasteiger partial charge in [0.1, 0.15) is 5.58 Å². The fourth-order valence-corrected chi connectivity index (χ4v) is 4.16. The second-order valence-corrected chi connectivity index (χ2v) is 8.17. The zero-order valence-corrected chi connectivity index (χ0v) is 18.3. The van der Waals surface area contributed by atoms with Crippen molar-refractivity contribution < 1.29 is 14.0 Å². The number of hydrogen-bond donors (Lipinski definition) is 1. The standard InChI is InChI=1S/C26H26N2O3/c1-16-11-17(2)26(18(3)12-16)27-23(29)14-28(4)24(30)13-20-15-31-22-10-9-19-7-5-6-8-21(19)25(20)22/h5-12,15H,13-14H2,1-4H3,(H,27,29). The van der Waals surface area contributed by atoms with Crippen molar-refractivity contribution in [2.45, 2.75) is 27.2 Å². The molecule has 0 aliphatic carbocycles. The van der Waals surface area contributed by atoms with Gasteiger partial charge in [-0.25, -0.2) is 0 Å². The Labute approximate surface area is 181 Å². The largest absolute Gasteiger partial charge is 0.464 e. The molecule has 0 unspecified atom stereocenters. The second-order valence-electron chi connectivity index (χ2n) is 8.17. The van der Waals surface area contributed by atoms with Crippen LogP contribution in [-0.2, 0) is 16.0 Å². The first-order chi connectivity index (χ1) is 14.8. The highest BCUT2D eigenvalue weighted by Gasteiger charge is 2.18. The third-order valence-corrected chi connectivity index (χ3v) is 5.63. The summed E-state index contributed by atoms with van der Waals surface area (Å²) < 4.78 is 5.68. The zero-order chi connectivity index (χ0) is 22.1. The van der Waals surface area contributed by atoms with E-state index in [4.69, 9.17) is 4.42 Å². The molecule has 1 N–H and O–H groups in total. The summed E-state index contributed by atoms with van der Waals surface area (Å²) in [6, 6.07) is 16.0. The van der Waals surface area contributed by atoms with Gasteiger partial charge in [-0.1, -0.05) is 48.0 Å². The van der Waals surface area contributed by atoms with E-state index in [1.807, 2.05) is 69.3 Å². The number of likely N-dealkylation sites (N-methyl/N-ethyl adjacent to an activating group) is 1. The lowest BCUT2D eigenvalue weighted by molar-refractivity contribution is -0.132. The Morgan fingerprint density at radius 3 is 2.45 bits per heavy atom. The number of fused-ring (bicyclic) bond motifs is 3. The van der Waals surface area contributed by atoms with Crippen LogP contribution in [0.3, 0.4) is 0 Å². The summed E-state index contributed by atoms with van der Waals surface area (Å²) in [6.07, 6.45) is 1.81. The molecule has 0 saturated carbocycles. The SMILES string of the molecule is Cc1cc(C)c(NC(=O)CN(C)C(=O)Cc2coc3ccc4ccccc4c23)c(C)c1. The molecular formula is C26H26N2O3. The molecule has 4 rings (SSSR count). The highest BCUT2D eigenvalue weighted by atomic mass is 16.3. The molecule has 4 aromatic rings. The summed E-state index contributed by atoms with van der Waals surface area (Å²) in [5, 5.41) is 6.06. The van der Waals surface area contributed by atoms with E-state index >= 15 is 0 Å². The molecule has 0 spiro atoms. The van der Waals surface area contributed by atoms with Gasteiger partial charge in [0.25, 0.3) is 0 Å². The molecule has 1 heterocycles. The smallest absolute Gasteiger partial charge is 0.243 e. The fourth-order valence-electron chi connectivity index (χ4n) is 4.16. The van der Waals surface area contributed by atoms with Crippen LogP contribution in [0.5, 0.6) is 0 Å². The lowest BCUT2D eigenvalue weighted by atomic mass is 10.0. The summed E-state index contributed by atoms with van der Waals surface area (Å²) in [7, 11) is 1.65. The van der Waals surface area contributed by atoms with Crippen LogP contribution in [0.1, 0.15) is 22.3 Å².